The third kappa shape index (κ3) is 2.94. The Morgan fingerprint density at radius 1 is 1.60 bits per heavy atom. The van der Waals surface area contributed by atoms with Crippen molar-refractivity contribution in [2.45, 2.75) is 25.3 Å². The first-order valence-electron chi connectivity index (χ1n) is 4.66. The molecule has 0 saturated heterocycles. The lowest BCUT2D eigenvalue weighted by atomic mass is 10.1. The molecule has 1 aliphatic carbocycles. The lowest BCUT2D eigenvalue weighted by Crippen LogP contribution is -2.09. The molecular formula is C9H13ClN2O3. The largest absolute Gasteiger partial charge is 0.433 e. The minimum atomic E-state index is -0.548. The molecule has 2 N–H and O–H groups in total. The van der Waals surface area contributed by atoms with Gasteiger partial charge in [-0.05, 0) is 18.4 Å². The molecule has 0 amide bonds. The summed E-state index contributed by atoms with van der Waals surface area (Å²) in [5.41, 5.74) is 5.83. The Labute approximate surface area is 93.2 Å². The van der Waals surface area contributed by atoms with Crippen LogP contribution >= 0.6 is 12.4 Å². The van der Waals surface area contributed by atoms with Gasteiger partial charge in [0.15, 0.2) is 0 Å². The van der Waals surface area contributed by atoms with Crippen molar-refractivity contribution >= 4 is 18.3 Å². The standard InChI is InChI=1S/C9H12N2O3.ClH/c10-7(5-6-1-2-6)8-3-4-9(14-8)11(12)13;/h3-4,6-7H,1-2,5,10H2;1H/t7-;/m0./s1. The Bertz CT molecular complexity index is 349. The predicted molar refractivity (Wildman–Crippen MR) is 56.9 cm³/mol. The van der Waals surface area contributed by atoms with Crippen LogP contribution in [-0.2, 0) is 0 Å². The topological polar surface area (TPSA) is 82.3 Å². The Morgan fingerprint density at radius 2 is 2.27 bits per heavy atom. The van der Waals surface area contributed by atoms with Crippen LogP contribution in [0.5, 0.6) is 0 Å². The molecule has 5 nitrogen and oxygen atoms in total. The van der Waals surface area contributed by atoms with Crippen LogP contribution in [0.15, 0.2) is 16.5 Å². The molecule has 0 radical (unpaired) electrons. The third-order valence-electron chi connectivity index (χ3n) is 2.44. The summed E-state index contributed by atoms with van der Waals surface area (Å²) in [6.45, 7) is 0. The molecule has 0 unspecified atom stereocenters. The van der Waals surface area contributed by atoms with Crippen molar-refractivity contribution in [3.05, 3.63) is 28.0 Å². The van der Waals surface area contributed by atoms with Gasteiger partial charge in [-0.3, -0.25) is 10.1 Å². The number of nitrogens with zero attached hydrogens (tertiary/aromatic N) is 1. The summed E-state index contributed by atoms with van der Waals surface area (Å²) in [5.74, 6) is 0.976. The third-order valence-corrected chi connectivity index (χ3v) is 2.44. The SMILES string of the molecule is Cl.N[C@@H](CC1CC1)c1ccc([N+](=O)[O-])o1. The Kier molecular flexibility index (Phi) is 3.71. The van der Waals surface area contributed by atoms with E-state index in [0.717, 1.165) is 6.42 Å². The quantitative estimate of drug-likeness (QED) is 0.638. The average Bonchev–Trinajstić information content (AvgIpc) is 2.81. The van der Waals surface area contributed by atoms with Crippen molar-refractivity contribution in [1.82, 2.24) is 0 Å². The molecule has 1 atom stereocenters. The zero-order valence-electron chi connectivity index (χ0n) is 8.09. The van der Waals surface area contributed by atoms with Gasteiger partial charge in [0.1, 0.15) is 10.7 Å². The number of nitro groups is 1. The molecule has 1 saturated carbocycles. The summed E-state index contributed by atoms with van der Waals surface area (Å²) in [5, 5.41) is 10.3. The highest BCUT2D eigenvalue weighted by Crippen LogP contribution is 2.37. The average molecular weight is 233 g/mol. The second-order valence-corrected chi connectivity index (χ2v) is 3.72. The van der Waals surface area contributed by atoms with Gasteiger partial charge in [-0.15, -0.1) is 12.4 Å². The zero-order valence-corrected chi connectivity index (χ0v) is 8.90. The molecule has 0 spiro atoms. The number of nitrogens with two attached hydrogens (primary N) is 1. The Balaban J connectivity index is 0.00000112. The van der Waals surface area contributed by atoms with Crippen molar-refractivity contribution in [3.63, 3.8) is 0 Å². The summed E-state index contributed by atoms with van der Waals surface area (Å²) in [7, 11) is 0. The molecule has 1 aromatic heterocycles. The smallest absolute Gasteiger partial charge is 0.404 e. The molecule has 2 rings (SSSR count). The zero-order chi connectivity index (χ0) is 10.1. The van der Waals surface area contributed by atoms with Crippen LogP contribution in [0.25, 0.3) is 0 Å². The van der Waals surface area contributed by atoms with E-state index in [2.05, 4.69) is 0 Å². The fourth-order valence-electron chi connectivity index (χ4n) is 1.47. The molecule has 6 heteroatoms. The fraction of sp³-hybridized carbons (Fsp3) is 0.556. The van der Waals surface area contributed by atoms with Crippen LogP contribution in [0.2, 0.25) is 0 Å². The number of hydrogen-bond donors (Lipinski definition) is 1. The first-order chi connectivity index (χ1) is 6.66. The second kappa shape index (κ2) is 4.63. The molecule has 1 aromatic rings. The van der Waals surface area contributed by atoms with Crippen molar-refractivity contribution in [2.24, 2.45) is 11.7 Å². The maximum atomic E-state index is 10.3. The summed E-state index contributed by atoms with van der Waals surface area (Å²) < 4.78 is 5.01. The van der Waals surface area contributed by atoms with Gasteiger partial charge in [-0.1, -0.05) is 12.8 Å². The monoisotopic (exact) mass is 232 g/mol. The summed E-state index contributed by atoms with van der Waals surface area (Å²) in [6.07, 6.45) is 3.30. The number of hydrogen-bond acceptors (Lipinski definition) is 4. The molecule has 84 valence electrons. The highest BCUT2D eigenvalue weighted by molar-refractivity contribution is 5.85. The van der Waals surface area contributed by atoms with Crippen LogP contribution in [0.4, 0.5) is 5.88 Å². The number of furan rings is 1. The van der Waals surface area contributed by atoms with Gasteiger partial charge in [0.05, 0.1) is 12.1 Å². The number of halogens is 1. The molecule has 0 aromatic carbocycles. The van der Waals surface area contributed by atoms with E-state index >= 15 is 0 Å². The maximum absolute atomic E-state index is 10.3. The predicted octanol–water partition coefficient (Wildman–Crippen LogP) is 2.41. The number of rotatable bonds is 4. The van der Waals surface area contributed by atoms with Crippen LogP contribution in [0.1, 0.15) is 31.1 Å². The van der Waals surface area contributed by atoms with Gasteiger partial charge in [0, 0.05) is 0 Å². The van der Waals surface area contributed by atoms with Crippen LogP contribution in [0.3, 0.4) is 0 Å². The summed E-state index contributed by atoms with van der Waals surface area (Å²) in [6, 6.07) is 2.74. The molecule has 1 aliphatic rings. The highest BCUT2D eigenvalue weighted by Gasteiger charge is 2.26. The molecule has 15 heavy (non-hydrogen) atoms. The maximum Gasteiger partial charge on any atom is 0.433 e. The second-order valence-electron chi connectivity index (χ2n) is 3.72. The van der Waals surface area contributed by atoms with Gasteiger partial charge in [0.25, 0.3) is 0 Å². The van der Waals surface area contributed by atoms with Crippen molar-refractivity contribution in [1.29, 1.82) is 0 Å². The minimum absolute atomic E-state index is 0. The van der Waals surface area contributed by atoms with Gasteiger partial charge >= 0.3 is 5.88 Å². The van der Waals surface area contributed by atoms with Crippen LogP contribution in [0, 0.1) is 16.0 Å². The fourth-order valence-corrected chi connectivity index (χ4v) is 1.47. The molecule has 1 heterocycles. The van der Waals surface area contributed by atoms with E-state index in [-0.39, 0.29) is 24.3 Å². The van der Waals surface area contributed by atoms with E-state index < -0.39 is 4.92 Å². The highest BCUT2D eigenvalue weighted by atomic mass is 35.5. The van der Waals surface area contributed by atoms with Gasteiger partial charge in [0.2, 0.25) is 0 Å². The van der Waals surface area contributed by atoms with E-state index in [9.17, 15) is 10.1 Å². The lowest BCUT2D eigenvalue weighted by molar-refractivity contribution is -0.402. The van der Waals surface area contributed by atoms with E-state index in [0.29, 0.717) is 11.7 Å². The van der Waals surface area contributed by atoms with Gasteiger partial charge in [-0.2, -0.15) is 0 Å². The van der Waals surface area contributed by atoms with Crippen LogP contribution in [-0.4, -0.2) is 4.92 Å². The van der Waals surface area contributed by atoms with Crippen LogP contribution < -0.4 is 5.73 Å². The molecule has 0 aliphatic heterocycles. The Hall–Kier alpha value is -1.07. The van der Waals surface area contributed by atoms with Crippen molar-refractivity contribution in [2.75, 3.05) is 0 Å². The first kappa shape index (κ1) is 12.0. The summed E-state index contributed by atoms with van der Waals surface area (Å²) in [4.78, 5) is 9.79. The minimum Gasteiger partial charge on any atom is -0.404 e. The molecule has 0 bridgehead atoms. The summed E-state index contributed by atoms with van der Waals surface area (Å²) >= 11 is 0. The van der Waals surface area contributed by atoms with Crippen molar-refractivity contribution in [3.8, 4) is 0 Å². The molecule has 1 fully saturated rings. The normalized spacial score (nSPS) is 16.9. The van der Waals surface area contributed by atoms with E-state index in [1.165, 1.54) is 18.9 Å². The lowest BCUT2D eigenvalue weighted by Gasteiger charge is -2.05. The molecular weight excluding hydrogens is 220 g/mol. The first-order valence-corrected chi connectivity index (χ1v) is 4.66. The van der Waals surface area contributed by atoms with E-state index in [4.69, 9.17) is 10.2 Å². The van der Waals surface area contributed by atoms with Gasteiger partial charge in [-0.25, -0.2) is 0 Å². The Morgan fingerprint density at radius 3 is 2.73 bits per heavy atom. The van der Waals surface area contributed by atoms with E-state index in [1.54, 1.807) is 6.07 Å². The van der Waals surface area contributed by atoms with Crippen molar-refractivity contribution < 1.29 is 9.34 Å². The van der Waals surface area contributed by atoms with Gasteiger partial charge < -0.3 is 10.2 Å². The van der Waals surface area contributed by atoms with E-state index in [1.807, 2.05) is 0 Å².